The number of anilines is 2. The molecule has 192 valence electrons. The fourth-order valence-electron chi connectivity index (χ4n) is 5.04. The van der Waals surface area contributed by atoms with Gasteiger partial charge < -0.3 is 21.1 Å². The third-order valence-corrected chi connectivity index (χ3v) is 7.31. The van der Waals surface area contributed by atoms with Crippen molar-refractivity contribution in [2.24, 2.45) is 5.92 Å². The molecule has 0 saturated heterocycles. The zero-order valence-electron chi connectivity index (χ0n) is 21.3. The van der Waals surface area contributed by atoms with Crippen molar-refractivity contribution in [2.75, 3.05) is 24.7 Å². The number of methoxy groups -OCH3 is 1. The number of nitrogen functional groups attached to an aromatic ring is 1. The summed E-state index contributed by atoms with van der Waals surface area (Å²) in [7, 11) is 1.45. The summed E-state index contributed by atoms with van der Waals surface area (Å²) in [6, 6.07) is 33.1. The number of carbonyl (C=O) groups is 2. The van der Waals surface area contributed by atoms with Gasteiger partial charge in [0.25, 0.3) is 5.91 Å². The molecule has 1 amide bonds. The third-order valence-electron chi connectivity index (χ3n) is 7.31. The minimum Gasteiger partial charge on any atom is -0.468 e. The zero-order valence-corrected chi connectivity index (χ0v) is 21.3. The fraction of sp³-hybridized carbons (Fsp3) is 0.188. The highest BCUT2D eigenvalue weighted by molar-refractivity contribution is 6.05. The van der Waals surface area contributed by atoms with Crippen molar-refractivity contribution < 1.29 is 14.3 Å². The lowest BCUT2D eigenvalue weighted by atomic mass is 9.91. The van der Waals surface area contributed by atoms with Crippen LogP contribution in [0.5, 0.6) is 0 Å². The van der Waals surface area contributed by atoms with Gasteiger partial charge in [-0.2, -0.15) is 0 Å². The molecule has 0 aliphatic heterocycles. The maximum atomic E-state index is 12.9. The molecule has 6 heteroatoms. The largest absolute Gasteiger partial charge is 0.468 e. The molecule has 5 rings (SSSR count). The summed E-state index contributed by atoms with van der Waals surface area (Å²) in [5.74, 6) is -0.244. The summed E-state index contributed by atoms with van der Waals surface area (Å²) in [4.78, 5) is 25.4. The molecule has 0 radical (unpaired) electrons. The van der Waals surface area contributed by atoms with E-state index in [9.17, 15) is 9.59 Å². The number of nitrogens with one attached hydrogen (secondary N) is 2. The maximum Gasteiger partial charge on any atom is 0.316 e. The number of rotatable bonds is 9. The van der Waals surface area contributed by atoms with E-state index in [4.69, 9.17) is 10.5 Å². The number of hydrogen-bond acceptors (Lipinski definition) is 5. The predicted octanol–water partition coefficient (Wildman–Crippen LogP) is 5.41. The molecule has 6 nitrogen and oxygen atoms in total. The van der Waals surface area contributed by atoms with Crippen LogP contribution in [-0.4, -0.2) is 25.5 Å². The highest BCUT2D eigenvalue weighted by atomic mass is 16.5. The Labute approximate surface area is 222 Å². The Hall–Kier alpha value is -4.42. The van der Waals surface area contributed by atoms with Crippen LogP contribution in [-0.2, 0) is 21.5 Å². The molecular weight excluding hydrogens is 474 g/mol. The molecule has 4 aromatic rings. The monoisotopic (exact) mass is 505 g/mol. The second-order valence-corrected chi connectivity index (χ2v) is 9.68. The molecule has 4 N–H and O–H groups in total. The van der Waals surface area contributed by atoms with Gasteiger partial charge in [0.05, 0.1) is 23.9 Å². The second kappa shape index (κ2) is 10.9. The first kappa shape index (κ1) is 25.2. The summed E-state index contributed by atoms with van der Waals surface area (Å²) < 4.78 is 5.21. The van der Waals surface area contributed by atoms with Gasteiger partial charge in [-0.3, -0.25) is 9.59 Å². The van der Waals surface area contributed by atoms with Gasteiger partial charge in [-0.15, -0.1) is 0 Å². The van der Waals surface area contributed by atoms with Crippen LogP contribution in [0.25, 0.3) is 11.1 Å². The van der Waals surface area contributed by atoms with E-state index < -0.39 is 5.41 Å². The quantitative estimate of drug-likeness (QED) is 0.209. The molecule has 0 unspecified atom stereocenters. The lowest BCUT2D eigenvalue weighted by Gasteiger charge is -2.17. The van der Waals surface area contributed by atoms with Crippen molar-refractivity contribution in [3.63, 3.8) is 0 Å². The van der Waals surface area contributed by atoms with Crippen LogP contribution < -0.4 is 16.4 Å². The number of carbonyl (C=O) groups excluding carboxylic acids is 2. The summed E-state index contributed by atoms with van der Waals surface area (Å²) in [5.41, 5.74) is 11.3. The number of para-hydroxylation sites is 2. The van der Waals surface area contributed by atoms with Crippen molar-refractivity contribution in [1.29, 1.82) is 0 Å². The van der Waals surface area contributed by atoms with Gasteiger partial charge in [-0.25, -0.2) is 0 Å². The predicted molar refractivity (Wildman–Crippen MR) is 151 cm³/mol. The van der Waals surface area contributed by atoms with Gasteiger partial charge in [0.2, 0.25) is 0 Å². The number of nitrogens with two attached hydrogens (primary N) is 1. The minimum atomic E-state index is -0.613. The van der Waals surface area contributed by atoms with E-state index in [0.717, 1.165) is 28.7 Å². The molecule has 1 aliphatic carbocycles. The minimum absolute atomic E-state index is 0.152. The van der Waals surface area contributed by atoms with E-state index in [2.05, 4.69) is 34.9 Å². The Balaban J connectivity index is 1.18. The Bertz CT molecular complexity index is 1420. The molecule has 2 atom stereocenters. The first-order chi connectivity index (χ1) is 18.5. The maximum absolute atomic E-state index is 12.9. The van der Waals surface area contributed by atoms with Gasteiger partial charge in [0.15, 0.2) is 0 Å². The van der Waals surface area contributed by atoms with Crippen LogP contribution in [0.3, 0.4) is 0 Å². The molecule has 1 fully saturated rings. The summed E-state index contributed by atoms with van der Waals surface area (Å²) in [6.45, 7) is 1.32. The first-order valence-corrected chi connectivity index (χ1v) is 12.7. The highest BCUT2D eigenvalue weighted by Gasteiger charge is 2.61. The number of amides is 1. The molecule has 0 bridgehead atoms. The van der Waals surface area contributed by atoms with Crippen LogP contribution in [0.1, 0.15) is 27.9 Å². The summed E-state index contributed by atoms with van der Waals surface area (Å²) >= 11 is 0. The third kappa shape index (κ3) is 5.17. The summed E-state index contributed by atoms with van der Waals surface area (Å²) in [6.07, 6.45) is 0.749. The normalized spacial score (nSPS) is 18.0. The molecule has 4 aromatic carbocycles. The molecule has 0 heterocycles. The van der Waals surface area contributed by atoms with Crippen molar-refractivity contribution in [1.82, 2.24) is 5.32 Å². The average Bonchev–Trinajstić information content (AvgIpc) is 3.70. The van der Waals surface area contributed by atoms with E-state index in [1.54, 1.807) is 24.3 Å². The van der Waals surface area contributed by atoms with Crippen LogP contribution >= 0.6 is 0 Å². The van der Waals surface area contributed by atoms with E-state index in [-0.39, 0.29) is 17.8 Å². The Morgan fingerprint density at radius 2 is 1.53 bits per heavy atom. The van der Waals surface area contributed by atoms with Gasteiger partial charge in [0, 0.05) is 12.1 Å². The molecule has 1 aliphatic rings. The highest BCUT2D eigenvalue weighted by Crippen LogP contribution is 2.55. The lowest BCUT2D eigenvalue weighted by molar-refractivity contribution is -0.144. The van der Waals surface area contributed by atoms with Crippen LogP contribution in [0, 0.1) is 5.92 Å². The van der Waals surface area contributed by atoms with Crippen LogP contribution in [0.4, 0.5) is 11.4 Å². The smallest absolute Gasteiger partial charge is 0.316 e. The number of hydrogen-bond donors (Lipinski definition) is 3. The van der Waals surface area contributed by atoms with Crippen LogP contribution in [0.15, 0.2) is 103 Å². The molecule has 38 heavy (non-hydrogen) atoms. The van der Waals surface area contributed by atoms with E-state index in [1.807, 2.05) is 54.6 Å². The number of esters is 1. The van der Waals surface area contributed by atoms with E-state index in [1.165, 1.54) is 7.11 Å². The Kier molecular flexibility index (Phi) is 7.24. The number of ether oxygens (including phenoxy) is 1. The van der Waals surface area contributed by atoms with E-state index in [0.29, 0.717) is 30.0 Å². The number of benzene rings is 4. The SMILES string of the molecule is COC(=O)[C@]1(c2ccc(-c3ccccc3)cc2)C[C@H]1CNCc1ccc(C(=O)Nc2ccccc2N)cc1. The standard InChI is InChI=1S/C32H31N3O3/c1-38-31(37)32(26-17-15-24(16-18-26)23-7-3-2-4-8-23)19-27(32)21-34-20-22-11-13-25(14-12-22)30(36)35-29-10-6-5-9-28(29)33/h2-18,27,34H,19-21,33H2,1H3,(H,35,36)/t27-,32-/m0/s1. The first-order valence-electron chi connectivity index (χ1n) is 12.7. The Morgan fingerprint density at radius 1 is 0.868 bits per heavy atom. The van der Waals surface area contributed by atoms with Gasteiger partial charge in [0.1, 0.15) is 0 Å². The van der Waals surface area contributed by atoms with E-state index >= 15 is 0 Å². The molecule has 0 spiro atoms. The molecule has 1 saturated carbocycles. The molecule has 0 aromatic heterocycles. The van der Waals surface area contributed by atoms with Gasteiger partial charge in [-0.1, -0.05) is 78.9 Å². The van der Waals surface area contributed by atoms with Crippen molar-refractivity contribution in [3.8, 4) is 11.1 Å². The topological polar surface area (TPSA) is 93.4 Å². The second-order valence-electron chi connectivity index (χ2n) is 9.68. The fourth-order valence-corrected chi connectivity index (χ4v) is 5.04. The van der Waals surface area contributed by atoms with Crippen LogP contribution in [0.2, 0.25) is 0 Å². The zero-order chi connectivity index (χ0) is 26.5. The average molecular weight is 506 g/mol. The van der Waals surface area contributed by atoms with Gasteiger partial charge >= 0.3 is 5.97 Å². The Morgan fingerprint density at radius 3 is 2.21 bits per heavy atom. The molecular formula is C32H31N3O3. The van der Waals surface area contributed by atoms with Crippen molar-refractivity contribution >= 4 is 23.3 Å². The summed E-state index contributed by atoms with van der Waals surface area (Å²) in [5, 5.41) is 6.32. The van der Waals surface area contributed by atoms with Crippen molar-refractivity contribution in [2.45, 2.75) is 18.4 Å². The lowest BCUT2D eigenvalue weighted by Crippen LogP contribution is -2.28. The van der Waals surface area contributed by atoms with Gasteiger partial charge in [-0.05, 0) is 65.4 Å². The van der Waals surface area contributed by atoms with Crippen molar-refractivity contribution in [3.05, 3.63) is 120 Å².